The number of carbonyl (C=O) groups is 1. The van der Waals surface area contributed by atoms with Crippen molar-refractivity contribution in [2.75, 3.05) is 19.6 Å². The third kappa shape index (κ3) is 1.37. The van der Waals surface area contributed by atoms with Crippen LogP contribution in [0.25, 0.3) is 0 Å². The Kier molecular flexibility index (Phi) is 1.75. The molecular weight excluding hydrogens is 134 g/mol. The van der Waals surface area contributed by atoms with Crippen molar-refractivity contribution in [3.05, 3.63) is 0 Å². The predicted molar refractivity (Wildman–Crippen MR) is 34.8 cm³/mol. The van der Waals surface area contributed by atoms with Crippen LogP contribution in [0, 0.1) is 0 Å². The van der Waals surface area contributed by atoms with E-state index >= 15 is 0 Å². The standard InChI is InChI=1S/C5H9N3O2/c6-5-7-1-2-8(5)3-4(9)10/h1-3H2,(H3,6,7,9,10)/p+1. The summed E-state index contributed by atoms with van der Waals surface area (Å²) in [7, 11) is 0. The molecule has 1 aliphatic heterocycles. The molecule has 0 aromatic carbocycles. The van der Waals surface area contributed by atoms with Gasteiger partial charge in [-0.3, -0.25) is 15.6 Å². The van der Waals surface area contributed by atoms with E-state index < -0.39 is 5.97 Å². The number of nitrogens with one attached hydrogen (secondary N) is 1. The van der Waals surface area contributed by atoms with Gasteiger partial charge in [0, 0.05) is 0 Å². The lowest BCUT2D eigenvalue weighted by Crippen LogP contribution is -2.33. The highest BCUT2D eigenvalue weighted by Gasteiger charge is 2.17. The number of nitrogens with zero attached hydrogens (tertiary/aromatic N) is 1. The minimum absolute atomic E-state index is 0.0150. The van der Waals surface area contributed by atoms with Crippen molar-refractivity contribution in [3.8, 4) is 0 Å². The molecule has 5 nitrogen and oxygen atoms in total. The van der Waals surface area contributed by atoms with Gasteiger partial charge in [0.05, 0.1) is 13.1 Å². The van der Waals surface area contributed by atoms with E-state index in [1.807, 2.05) is 0 Å². The van der Waals surface area contributed by atoms with Crippen LogP contribution in [-0.2, 0) is 4.79 Å². The molecule has 1 aliphatic rings. The maximum atomic E-state index is 10.2. The first-order chi connectivity index (χ1) is 4.70. The normalized spacial score (nSPS) is 17.2. The number of aliphatic carboxylic acids is 1. The Morgan fingerprint density at radius 2 is 2.60 bits per heavy atom. The summed E-state index contributed by atoms with van der Waals surface area (Å²) in [5, 5.41) is 11.2. The number of nitrogens with two attached hydrogens (primary N) is 1. The molecule has 0 unspecified atom stereocenters. The van der Waals surface area contributed by atoms with Crippen molar-refractivity contribution in [2.45, 2.75) is 0 Å². The summed E-state index contributed by atoms with van der Waals surface area (Å²) in [6.07, 6.45) is 0. The van der Waals surface area contributed by atoms with Gasteiger partial charge >= 0.3 is 11.9 Å². The summed E-state index contributed by atoms with van der Waals surface area (Å²) >= 11 is 0. The highest BCUT2D eigenvalue weighted by atomic mass is 16.4. The SMILES string of the molecule is NC1=[N+](CC(=O)O)CCN1. The fraction of sp³-hybridized carbons (Fsp3) is 0.600. The third-order valence-electron chi connectivity index (χ3n) is 1.35. The fourth-order valence-corrected chi connectivity index (χ4v) is 0.879. The number of hydrogen-bond donors (Lipinski definition) is 3. The Balaban J connectivity index is 2.54. The molecule has 0 aromatic rings. The number of hydrogen-bond acceptors (Lipinski definition) is 3. The average Bonchev–Trinajstić information content (AvgIpc) is 2.15. The van der Waals surface area contributed by atoms with Gasteiger partial charge in [-0.2, -0.15) is 0 Å². The highest BCUT2D eigenvalue weighted by Crippen LogP contribution is 1.82. The summed E-state index contributed by atoms with van der Waals surface area (Å²) in [6.45, 7) is 1.40. The maximum Gasteiger partial charge on any atom is 0.344 e. The van der Waals surface area contributed by atoms with Gasteiger partial charge in [-0.05, 0) is 0 Å². The van der Waals surface area contributed by atoms with E-state index in [2.05, 4.69) is 5.32 Å². The van der Waals surface area contributed by atoms with Crippen molar-refractivity contribution >= 4 is 11.9 Å². The van der Waals surface area contributed by atoms with E-state index in [0.29, 0.717) is 12.5 Å². The molecule has 0 bridgehead atoms. The monoisotopic (exact) mass is 144 g/mol. The van der Waals surface area contributed by atoms with E-state index in [-0.39, 0.29) is 6.54 Å². The Bertz CT molecular complexity index is 187. The number of guanidine groups is 1. The minimum atomic E-state index is -0.855. The molecule has 0 atom stereocenters. The van der Waals surface area contributed by atoms with Gasteiger partial charge in [-0.1, -0.05) is 0 Å². The molecule has 0 saturated heterocycles. The van der Waals surface area contributed by atoms with Crippen LogP contribution in [0.5, 0.6) is 0 Å². The smallest absolute Gasteiger partial charge is 0.344 e. The zero-order valence-corrected chi connectivity index (χ0v) is 5.50. The number of carboxylic acids is 1. The first kappa shape index (κ1) is 6.85. The molecule has 0 amide bonds. The van der Waals surface area contributed by atoms with Crippen LogP contribution in [0.15, 0.2) is 0 Å². The molecule has 0 aliphatic carbocycles. The van der Waals surface area contributed by atoms with E-state index in [4.69, 9.17) is 10.8 Å². The Morgan fingerprint density at radius 1 is 1.90 bits per heavy atom. The molecule has 1 heterocycles. The molecule has 10 heavy (non-hydrogen) atoms. The second kappa shape index (κ2) is 2.55. The van der Waals surface area contributed by atoms with Crippen LogP contribution in [0.2, 0.25) is 0 Å². The lowest BCUT2D eigenvalue weighted by atomic mass is 10.6. The Morgan fingerprint density at radius 3 is 3.00 bits per heavy atom. The molecule has 56 valence electrons. The van der Waals surface area contributed by atoms with Crippen molar-refractivity contribution in [2.24, 2.45) is 5.73 Å². The van der Waals surface area contributed by atoms with Crippen LogP contribution in [0.1, 0.15) is 0 Å². The average molecular weight is 144 g/mol. The van der Waals surface area contributed by atoms with E-state index in [1.165, 1.54) is 0 Å². The maximum absolute atomic E-state index is 10.2. The minimum Gasteiger partial charge on any atom is -0.479 e. The first-order valence-electron chi connectivity index (χ1n) is 3.03. The molecule has 0 saturated carbocycles. The lowest BCUT2D eigenvalue weighted by molar-refractivity contribution is -0.509. The largest absolute Gasteiger partial charge is 0.479 e. The van der Waals surface area contributed by atoms with Gasteiger partial charge in [0.2, 0.25) is 0 Å². The molecule has 0 fully saturated rings. The van der Waals surface area contributed by atoms with Gasteiger partial charge in [0.25, 0.3) is 0 Å². The van der Waals surface area contributed by atoms with Gasteiger partial charge in [-0.25, -0.2) is 4.79 Å². The highest BCUT2D eigenvalue weighted by molar-refractivity contribution is 5.75. The molecule has 1 rings (SSSR count). The van der Waals surface area contributed by atoms with Crippen molar-refractivity contribution in [1.82, 2.24) is 5.32 Å². The summed E-state index contributed by atoms with van der Waals surface area (Å²) in [6, 6.07) is 0. The van der Waals surface area contributed by atoms with Gasteiger partial charge in [0.15, 0.2) is 6.54 Å². The second-order valence-electron chi connectivity index (χ2n) is 2.13. The second-order valence-corrected chi connectivity index (χ2v) is 2.13. The zero-order valence-electron chi connectivity index (χ0n) is 5.50. The zero-order chi connectivity index (χ0) is 7.56. The van der Waals surface area contributed by atoms with Crippen LogP contribution in [0.3, 0.4) is 0 Å². The van der Waals surface area contributed by atoms with Gasteiger partial charge < -0.3 is 5.11 Å². The fourth-order valence-electron chi connectivity index (χ4n) is 0.879. The van der Waals surface area contributed by atoms with Crippen molar-refractivity contribution in [3.63, 3.8) is 0 Å². The molecule has 4 N–H and O–H groups in total. The van der Waals surface area contributed by atoms with Crippen LogP contribution < -0.4 is 11.1 Å². The third-order valence-corrected chi connectivity index (χ3v) is 1.35. The summed E-state index contributed by atoms with van der Waals surface area (Å²) in [5.74, 6) is -0.394. The van der Waals surface area contributed by atoms with Crippen LogP contribution in [-0.4, -0.2) is 41.2 Å². The Hall–Kier alpha value is -1.26. The van der Waals surface area contributed by atoms with Crippen LogP contribution in [0.4, 0.5) is 0 Å². The van der Waals surface area contributed by atoms with Gasteiger partial charge in [-0.15, -0.1) is 0 Å². The summed E-state index contributed by atoms with van der Waals surface area (Å²) < 4.78 is 1.59. The molecule has 0 aromatic heterocycles. The van der Waals surface area contributed by atoms with Crippen molar-refractivity contribution in [1.29, 1.82) is 0 Å². The predicted octanol–water partition coefficient (Wildman–Crippen LogP) is -2.00. The topological polar surface area (TPSA) is 78.4 Å². The molecule has 5 heteroatoms. The number of rotatable bonds is 2. The first-order valence-corrected chi connectivity index (χ1v) is 3.03. The summed E-state index contributed by atoms with van der Waals surface area (Å²) in [4.78, 5) is 10.2. The van der Waals surface area contributed by atoms with E-state index in [0.717, 1.165) is 6.54 Å². The molecule has 0 spiro atoms. The quantitative estimate of drug-likeness (QED) is 0.392. The number of carboxylic acid groups (broad SMARTS) is 1. The van der Waals surface area contributed by atoms with Crippen LogP contribution >= 0.6 is 0 Å². The lowest BCUT2D eigenvalue weighted by Gasteiger charge is -1.95. The molecule has 0 radical (unpaired) electrons. The summed E-state index contributed by atoms with van der Waals surface area (Å²) in [5.41, 5.74) is 5.40. The Labute approximate surface area is 58.1 Å². The van der Waals surface area contributed by atoms with E-state index in [1.54, 1.807) is 4.58 Å². The van der Waals surface area contributed by atoms with Gasteiger partial charge in [0.1, 0.15) is 0 Å². The van der Waals surface area contributed by atoms with Crippen molar-refractivity contribution < 1.29 is 14.5 Å². The van der Waals surface area contributed by atoms with E-state index in [9.17, 15) is 4.79 Å². The molecular formula is C5H10N3O2+.